The van der Waals surface area contributed by atoms with E-state index in [0.717, 1.165) is 27.6 Å². The minimum atomic E-state index is -4.21. The monoisotopic (exact) mass is 352 g/mol. The van der Waals surface area contributed by atoms with Crippen molar-refractivity contribution < 1.29 is 22.0 Å². The lowest BCUT2D eigenvalue weighted by atomic mass is 9.96. The number of rotatable bonds is 3. The second kappa shape index (κ2) is 5.95. The lowest BCUT2D eigenvalue weighted by Gasteiger charge is -2.34. The molecule has 1 aliphatic heterocycles. The van der Waals surface area contributed by atoms with Gasteiger partial charge in [-0.1, -0.05) is 24.3 Å². The standard InChI is InChI=1S/C16H14F2N2O3S/c17-13-6-5-12(8-14(13)18)24(22,23)20-9-11-4-2-1-3-10(11)7-15(20)16(19)21/h1-6,8,15H,7,9H2,(H2,19,21). The third kappa shape index (κ3) is 2.78. The maximum atomic E-state index is 13.4. The number of carbonyl (C=O) groups is 1. The van der Waals surface area contributed by atoms with Gasteiger partial charge in [0.15, 0.2) is 11.6 Å². The molecule has 0 aliphatic carbocycles. The molecular weight excluding hydrogens is 338 g/mol. The highest BCUT2D eigenvalue weighted by Gasteiger charge is 2.38. The molecule has 1 unspecified atom stereocenters. The summed E-state index contributed by atoms with van der Waals surface area (Å²) in [7, 11) is -4.21. The Hall–Kier alpha value is -2.32. The molecule has 8 heteroatoms. The Balaban J connectivity index is 2.07. The van der Waals surface area contributed by atoms with E-state index in [4.69, 9.17) is 5.73 Å². The predicted octanol–water partition coefficient (Wildman–Crippen LogP) is 1.57. The quantitative estimate of drug-likeness (QED) is 0.910. The largest absolute Gasteiger partial charge is 0.368 e. The summed E-state index contributed by atoms with van der Waals surface area (Å²) in [6.07, 6.45) is 0.133. The first-order valence-electron chi connectivity index (χ1n) is 7.13. The second-order valence-corrected chi connectivity index (χ2v) is 7.41. The smallest absolute Gasteiger partial charge is 0.244 e. The highest BCUT2D eigenvalue weighted by Crippen LogP contribution is 2.29. The van der Waals surface area contributed by atoms with Crippen LogP contribution in [0.5, 0.6) is 0 Å². The van der Waals surface area contributed by atoms with Gasteiger partial charge in [0.2, 0.25) is 15.9 Å². The number of nitrogens with zero attached hydrogens (tertiary/aromatic N) is 1. The molecule has 0 aromatic heterocycles. The van der Waals surface area contributed by atoms with Crippen molar-refractivity contribution in [2.24, 2.45) is 5.73 Å². The highest BCUT2D eigenvalue weighted by atomic mass is 32.2. The Kier molecular flexibility index (Phi) is 4.10. The number of primary amides is 1. The molecular formula is C16H14F2N2O3S. The zero-order valence-corrected chi connectivity index (χ0v) is 13.3. The number of hydrogen-bond donors (Lipinski definition) is 1. The van der Waals surface area contributed by atoms with Crippen LogP contribution < -0.4 is 5.73 Å². The molecule has 2 aromatic carbocycles. The molecule has 24 heavy (non-hydrogen) atoms. The van der Waals surface area contributed by atoms with Crippen LogP contribution in [0.1, 0.15) is 11.1 Å². The third-order valence-electron chi connectivity index (χ3n) is 4.03. The average molecular weight is 352 g/mol. The normalized spacial score (nSPS) is 18.2. The van der Waals surface area contributed by atoms with Gasteiger partial charge in [-0.05, 0) is 35.7 Å². The molecule has 1 amide bonds. The molecule has 5 nitrogen and oxygen atoms in total. The maximum absolute atomic E-state index is 13.4. The maximum Gasteiger partial charge on any atom is 0.244 e. The summed E-state index contributed by atoms with van der Waals surface area (Å²) < 4.78 is 53.0. The van der Waals surface area contributed by atoms with Crippen LogP contribution in [-0.2, 0) is 27.8 Å². The fourth-order valence-electron chi connectivity index (χ4n) is 2.77. The van der Waals surface area contributed by atoms with Crippen LogP contribution in [0.2, 0.25) is 0 Å². The van der Waals surface area contributed by atoms with Gasteiger partial charge in [0, 0.05) is 6.54 Å². The number of fused-ring (bicyclic) bond motifs is 1. The van der Waals surface area contributed by atoms with Gasteiger partial charge in [0.05, 0.1) is 4.90 Å². The fraction of sp³-hybridized carbons (Fsp3) is 0.188. The summed E-state index contributed by atoms with van der Waals surface area (Å²) in [5.74, 6) is -3.22. The van der Waals surface area contributed by atoms with Gasteiger partial charge in [-0.2, -0.15) is 4.31 Å². The molecule has 1 aliphatic rings. The Morgan fingerprint density at radius 1 is 1.08 bits per heavy atom. The minimum absolute atomic E-state index is 0.0644. The topological polar surface area (TPSA) is 80.5 Å². The van der Waals surface area contributed by atoms with Gasteiger partial charge in [-0.15, -0.1) is 0 Å². The Bertz CT molecular complexity index is 915. The van der Waals surface area contributed by atoms with E-state index in [0.29, 0.717) is 6.07 Å². The molecule has 2 N–H and O–H groups in total. The molecule has 0 saturated carbocycles. The number of halogens is 2. The summed E-state index contributed by atoms with van der Waals surface area (Å²) in [4.78, 5) is 11.3. The van der Waals surface area contributed by atoms with Gasteiger partial charge < -0.3 is 5.73 Å². The van der Waals surface area contributed by atoms with Crippen molar-refractivity contribution in [3.63, 3.8) is 0 Å². The molecule has 3 rings (SSSR count). The minimum Gasteiger partial charge on any atom is -0.368 e. The number of benzene rings is 2. The summed E-state index contributed by atoms with van der Waals surface area (Å²) in [6.45, 7) is -0.0644. The van der Waals surface area contributed by atoms with Crippen LogP contribution in [0.4, 0.5) is 8.78 Å². The van der Waals surface area contributed by atoms with Crippen molar-refractivity contribution >= 4 is 15.9 Å². The first-order chi connectivity index (χ1) is 11.3. The molecule has 0 fully saturated rings. The predicted molar refractivity (Wildman–Crippen MR) is 82.2 cm³/mol. The number of hydrogen-bond acceptors (Lipinski definition) is 3. The van der Waals surface area contributed by atoms with Crippen LogP contribution >= 0.6 is 0 Å². The van der Waals surface area contributed by atoms with E-state index in [1.54, 1.807) is 24.3 Å². The molecule has 0 saturated heterocycles. The van der Waals surface area contributed by atoms with Gasteiger partial charge in [-0.25, -0.2) is 17.2 Å². The van der Waals surface area contributed by atoms with E-state index in [1.807, 2.05) is 0 Å². The number of sulfonamides is 1. The summed E-state index contributed by atoms with van der Waals surface area (Å²) in [5, 5.41) is 0. The van der Waals surface area contributed by atoms with Gasteiger partial charge in [0.1, 0.15) is 6.04 Å². The van der Waals surface area contributed by atoms with Crippen LogP contribution in [0.3, 0.4) is 0 Å². The van der Waals surface area contributed by atoms with Gasteiger partial charge in [0.25, 0.3) is 0 Å². The van der Waals surface area contributed by atoms with E-state index in [1.165, 1.54) is 0 Å². The number of amides is 1. The summed E-state index contributed by atoms with van der Waals surface area (Å²) in [5.41, 5.74) is 6.93. The van der Waals surface area contributed by atoms with Crippen molar-refractivity contribution in [1.82, 2.24) is 4.31 Å². The molecule has 126 valence electrons. The van der Waals surface area contributed by atoms with Crippen molar-refractivity contribution in [2.75, 3.05) is 0 Å². The first-order valence-corrected chi connectivity index (χ1v) is 8.57. The van der Waals surface area contributed by atoms with Crippen LogP contribution in [0.25, 0.3) is 0 Å². The van der Waals surface area contributed by atoms with E-state index < -0.39 is 38.5 Å². The van der Waals surface area contributed by atoms with Crippen LogP contribution in [-0.4, -0.2) is 24.7 Å². The summed E-state index contributed by atoms with van der Waals surface area (Å²) in [6, 6.07) is 8.31. The van der Waals surface area contributed by atoms with Crippen molar-refractivity contribution in [2.45, 2.75) is 23.9 Å². The lowest BCUT2D eigenvalue weighted by Crippen LogP contribution is -2.51. The van der Waals surface area contributed by atoms with Crippen molar-refractivity contribution in [1.29, 1.82) is 0 Å². The lowest BCUT2D eigenvalue weighted by molar-refractivity contribution is -0.122. The van der Waals surface area contributed by atoms with E-state index in [9.17, 15) is 22.0 Å². The summed E-state index contributed by atoms with van der Waals surface area (Å²) >= 11 is 0. The van der Waals surface area contributed by atoms with Crippen LogP contribution in [0.15, 0.2) is 47.4 Å². The molecule has 1 heterocycles. The molecule has 2 aromatic rings. The van der Waals surface area contributed by atoms with E-state index in [2.05, 4.69) is 0 Å². The highest BCUT2D eigenvalue weighted by molar-refractivity contribution is 7.89. The van der Waals surface area contributed by atoms with E-state index in [-0.39, 0.29) is 13.0 Å². The van der Waals surface area contributed by atoms with Crippen LogP contribution in [0, 0.1) is 11.6 Å². The zero-order chi connectivity index (χ0) is 17.5. The Morgan fingerprint density at radius 3 is 2.38 bits per heavy atom. The first kappa shape index (κ1) is 16.5. The van der Waals surface area contributed by atoms with Crippen molar-refractivity contribution in [3.05, 3.63) is 65.2 Å². The fourth-order valence-corrected chi connectivity index (χ4v) is 4.35. The van der Waals surface area contributed by atoms with E-state index >= 15 is 0 Å². The zero-order valence-electron chi connectivity index (χ0n) is 12.4. The van der Waals surface area contributed by atoms with Gasteiger partial charge in [-0.3, -0.25) is 4.79 Å². The Morgan fingerprint density at radius 2 is 1.75 bits per heavy atom. The number of nitrogens with two attached hydrogens (primary N) is 1. The molecule has 1 atom stereocenters. The molecule has 0 bridgehead atoms. The SMILES string of the molecule is NC(=O)C1Cc2ccccc2CN1S(=O)(=O)c1ccc(F)c(F)c1. The third-order valence-corrected chi connectivity index (χ3v) is 5.88. The van der Waals surface area contributed by atoms with Gasteiger partial charge >= 0.3 is 0 Å². The number of carbonyl (C=O) groups excluding carboxylic acids is 1. The molecule has 0 spiro atoms. The Labute approximate surface area is 137 Å². The van der Waals surface area contributed by atoms with Crippen molar-refractivity contribution in [3.8, 4) is 0 Å². The average Bonchev–Trinajstić information content (AvgIpc) is 2.56. The second-order valence-electron chi connectivity index (χ2n) is 5.52. The molecule has 0 radical (unpaired) electrons.